The second-order valence-electron chi connectivity index (χ2n) is 6.02. The summed E-state index contributed by atoms with van der Waals surface area (Å²) in [6, 6.07) is 19.5. The molecule has 1 aliphatic rings. The Labute approximate surface area is 166 Å². The van der Waals surface area contributed by atoms with Crippen LogP contribution in [0.25, 0.3) is 17.0 Å². The highest BCUT2D eigenvalue weighted by Crippen LogP contribution is 2.34. The molecule has 2 heterocycles. The van der Waals surface area contributed by atoms with Crippen LogP contribution in [0.2, 0.25) is 0 Å². The van der Waals surface area contributed by atoms with Crippen molar-refractivity contribution in [2.75, 3.05) is 7.11 Å². The number of aromatic nitrogens is 1. The minimum absolute atomic E-state index is 0.0872. The number of thioether (sulfide) groups is 1. The van der Waals surface area contributed by atoms with E-state index in [2.05, 4.69) is 4.98 Å². The summed E-state index contributed by atoms with van der Waals surface area (Å²) in [5.41, 5.74) is 2.52. The van der Waals surface area contributed by atoms with Crippen LogP contribution in [0.4, 0.5) is 0 Å². The van der Waals surface area contributed by atoms with E-state index in [4.69, 9.17) is 17.0 Å². The number of hydrogen-bond acceptors (Lipinski definition) is 5. The van der Waals surface area contributed by atoms with Crippen LogP contribution >= 0.6 is 24.0 Å². The molecule has 0 radical (unpaired) electrons. The molecule has 134 valence electrons. The molecule has 6 heteroatoms. The molecule has 1 aliphatic heterocycles. The molecule has 0 unspecified atom stereocenters. The van der Waals surface area contributed by atoms with Crippen LogP contribution in [0.5, 0.6) is 5.75 Å². The Morgan fingerprint density at radius 2 is 1.93 bits per heavy atom. The molecule has 2 aromatic carbocycles. The van der Waals surface area contributed by atoms with E-state index in [9.17, 15) is 4.79 Å². The molecule has 1 fully saturated rings. The topological polar surface area (TPSA) is 42.4 Å². The maximum atomic E-state index is 12.8. The summed E-state index contributed by atoms with van der Waals surface area (Å²) in [5, 5.41) is 0.989. The average Bonchev–Trinajstić information content (AvgIpc) is 2.95. The molecular weight excluding hydrogens is 376 g/mol. The second kappa shape index (κ2) is 7.50. The SMILES string of the molecule is COc1cccc2ccc(/C=C3/SC(=S)N(Cc4ccccc4)C3=O)nc12. The lowest BCUT2D eigenvalue weighted by atomic mass is 10.2. The predicted molar refractivity (Wildman–Crippen MR) is 113 cm³/mol. The van der Waals surface area contributed by atoms with Gasteiger partial charge < -0.3 is 4.74 Å². The van der Waals surface area contributed by atoms with Crippen molar-refractivity contribution < 1.29 is 9.53 Å². The fourth-order valence-electron chi connectivity index (χ4n) is 2.92. The van der Waals surface area contributed by atoms with Gasteiger partial charge in [0.15, 0.2) is 0 Å². The Hall–Kier alpha value is -2.70. The number of rotatable bonds is 4. The smallest absolute Gasteiger partial charge is 0.266 e. The van der Waals surface area contributed by atoms with Crippen LogP contribution in [-0.4, -0.2) is 27.2 Å². The number of pyridine rings is 1. The number of fused-ring (bicyclic) bond motifs is 1. The van der Waals surface area contributed by atoms with Gasteiger partial charge >= 0.3 is 0 Å². The second-order valence-corrected chi connectivity index (χ2v) is 7.70. The zero-order valence-electron chi connectivity index (χ0n) is 14.6. The Balaban J connectivity index is 1.63. The summed E-state index contributed by atoms with van der Waals surface area (Å²) in [4.78, 5) is 19.7. The Kier molecular flexibility index (Phi) is 4.92. The van der Waals surface area contributed by atoms with Crippen LogP contribution in [0.3, 0.4) is 0 Å². The monoisotopic (exact) mass is 392 g/mol. The summed E-state index contributed by atoms with van der Waals surface area (Å²) < 4.78 is 5.95. The molecule has 0 N–H and O–H groups in total. The first-order chi connectivity index (χ1) is 13.2. The van der Waals surface area contributed by atoms with Crippen molar-refractivity contribution in [3.8, 4) is 5.75 Å². The number of hydrogen-bond donors (Lipinski definition) is 0. The van der Waals surface area contributed by atoms with Gasteiger partial charge in [-0.1, -0.05) is 72.5 Å². The van der Waals surface area contributed by atoms with E-state index >= 15 is 0 Å². The predicted octanol–water partition coefficient (Wildman–Crippen LogP) is 4.64. The van der Waals surface area contributed by atoms with Crippen molar-refractivity contribution in [1.29, 1.82) is 0 Å². The van der Waals surface area contributed by atoms with E-state index in [-0.39, 0.29) is 5.91 Å². The largest absolute Gasteiger partial charge is 0.494 e. The van der Waals surface area contributed by atoms with Gasteiger partial charge in [-0.15, -0.1) is 0 Å². The number of para-hydroxylation sites is 1. The quantitative estimate of drug-likeness (QED) is 0.478. The molecule has 0 atom stereocenters. The number of benzene rings is 2. The molecule has 0 saturated carbocycles. The molecule has 0 spiro atoms. The van der Waals surface area contributed by atoms with Gasteiger partial charge in [0.25, 0.3) is 5.91 Å². The maximum absolute atomic E-state index is 12.8. The third kappa shape index (κ3) is 3.59. The standard InChI is InChI=1S/C21H16N2O2S2/c1-25-17-9-5-8-15-10-11-16(22-19(15)17)12-18-20(24)23(21(26)27-18)13-14-6-3-2-4-7-14/h2-12H,13H2,1H3/b18-12+. The minimum Gasteiger partial charge on any atom is -0.494 e. The van der Waals surface area contributed by atoms with Crippen LogP contribution in [-0.2, 0) is 11.3 Å². The number of methoxy groups -OCH3 is 1. The van der Waals surface area contributed by atoms with Gasteiger partial charge in [-0.2, -0.15) is 0 Å². The summed E-state index contributed by atoms with van der Waals surface area (Å²) in [6.07, 6.45) is 1.79. The van der Waals surface area contributed by atoms with Crippen molar-refractivity contribution >= 4 is 51.2 Å². The summed E-state index contributed by atoms with van der Waals surface area (Å²) in [6.45, 7) is 0.474. The van der Waals surface area contributed by atoms with Gasteiger partial charge in [-0.05, 0) is 23.8 Å². The lowest BCUT2D eigenvalue weighted by Crippen LogP contribution is -2.27. The number of carbonyl (C=O) groups is 1. The van der Waals surface area contributed by atoms with E-state index in [0.29, 0.717) is 27.2 Å². The van der Waals surface area contributed by atoms with Crippen molar-refractivity contribution in [3.05, 3.63) is 76.8 Å². The van der Waals surface area contributed by atoms with Crippen LogP contribution in [0.1, 0.15) is 11.3 Å². The molecule has 4 rings (SSSR count). The first-order valence-corrected chi connectivity index (χ1v) is 9.61. The number of carbonyl (C=O) groups excluding carboxylic acids is 1. The normalized spacial score (nSPS) is 15.7. The van der Waals surface area contributed by atoms with Gasteiger partial charge in [-0.3, -0.25) is 9.69 Å². The number of ether oxygens (including phenoxy) is 1. The molecule has 27 heavy (non-hydrogen) atoms. The van der Waals surface area contributed by atoms with Gasteiger partial charge in [0.05, 0.1) is 24.3 Å². The highest BCUT2D eigenvalue weighted by atomic mass is 32.2. The Bertz CT molecular complexity index is 1060. The molecule has 1 saturated heterocycles. The molecular formula is C21H16N2O2S2. The van der Waals surface area contributed by atoms with Crippen molar-refractivity contribution in [3.63, 3.8) is 0 Å². The molecule has 4 nitrogen and oxygen atoms in total. The Morgan fingerprint density at radius 3 is 2.70 bits per heavy atom. The van der Waals surface area contributed by atoms with E-state index in [1.807, 2.05) is 60.7 Å². The van der Waals surface area contributed by atoms with E-state index in [1.54, 1.807) is 18.1 Å². The first kappa shape index (κ1) is 17.7. The van der Waals surface area contributed by atoms with Gasteiger partial charge in [0.1, 0.15) is 15.6 Å². The summed E-state index contributed by atoms with van der Waals surface area (Å²) in [7, 11) is 1.62. The summed E-state index contributed by atoms with van der Waals surface area (Å²) >= 11 is 6.72. The molecule has 0 bridgehead atoms. The highest BCUT2D eigenvalue weighted by Gasteiger charge is 2.32. The summed E-state index contributed by atoms with van der Waals surface area (Å²) in [5.74, 6) is 0.621. The third-order valence-corrected chi connectivity index (χ3v) is 5.64. The van der Waals surface area contributed by atoms with Crippen molar-refractivity contribution in [1.82, 2.24) is 9.88 Å². The van der Waals surface area contributed by atoms with E-state index < -0.39 is 0 Å². The number of thiocarbonyl (C=S) groups is 1. The maximum Gasteiger partial charge on any atom is 0.266 e. The van der Waals surface area contributed by atoms with Crippen LogP contribution in [0.15, 0.2) is 65.6 Å². The number of nitrogens with zero attached hydrogens (tertiary/aromatic N) is 2. The van der Waals surface area contributed by atoms with Crippen molar-refractivity contribution in [2.24, 2.45) is 0 Å². The zero-order valence-corrected chi connectivity index (χ0v) is 16.2. The first-order valence-electron chi connectivity index (χ1n) is 8.39. The molecule has 1 aromatic heterocycles. The molecule has 1 amide bonds. The fraction of sp³-hybridized carbons (Fsp3) is 0.0952. The lowest BCUT2D eigenvalue weighted by Gasteiger charge is -2.14. The van der Waals surface area contributed by atoms with Gasteiger partial charge in [0.2, 0.25) is 0 Å². The fourth-order valence-corrected chi connectivity index (χ4v) is 4.16. The van der Waals surface area contributed by atoms with Crippen molar-refractivity contribution in [2.45, 2.75) is 6.54 Å². The zero-order chi connectivity index (χ0) is 18.8. The molecule has 0 aliphatic carbocycles. The highest BCUT2D eigenvalue weighted by molar-refractivity contribution is 8.26. The van der Waals surface area contributed by atoms with E-state index in [0.717, 1.165) is 16.5 Å². The lowest BCUT2D eigenvalue weighted by molar-refractivity contribution is -0.122. The van der Waals surface area contributed by atoms with E-state index in [1.165, 1.54) is 11.8 Å². The number of amides is 1. The average molecular weight is 393 g/mol. The Morgan fingerprint density at radius 1 is 1.11 bits per heavy atom. The third-order valence-electron chi connectivity index (χ3n) is 4.26. The van der Waals surface area contributed by atoms with Crippen LogP contribution in [0, 0.1) is 0 Å². The van der Waals surface area contributed by atoms with Crippen LogP contribution < -0.4 is 4.74 Å². The minimum atomic E-state index is -0.0872. The van der Waals surface area contributed by atoms with Gasteiger partial charge in [-0.25, -0.2) is 4.98 Å². The molecule has 3 aromatic rings. The van der Waals surface area contributed by atoms with Gasteiger partial charge in [0, 0.05) is 5.39 Å².